The first-order chi connectivity index (χ1) is 26.6. The minimum Gasteiger partial charge on any atom is -0.871 e. The molecule has 0 saturated carbocycles. The smallest absolute Gasteiger partial charge is 0.226 e. The number of aromatic nitrogens is 1. The summed E-state index contributed by atoms with van der Waals surface area (Å²) in [6, 6.07) is 43.8. The van der Waals surface area contributed by atoms with Crippen LogP contribution in [0.2, 0.25) is 0 Å². The number of nitrogens with zero attached hydrogens (tertiary/aromatic N) is 6. The number of para-hydroxylation sites is 4. The number of hydrogen-bond donors (Lipinski definition) is 0. The molecule has 0 fully saturated rings. The number of carbonyl (C=O) groups is 1. The van der Waals surface area contributed by atoms with Crippen LogP contribution in [0.15, 0.2) is 173 Å². The van der Waals surface area contributed by atoms with Gasteiger partial charge < -0.3 is 9.67 Å². The molecular formula is C46H44N6O2. The van der Waals surface area contributed by atoms with E-state index in [1.165, 1.54) is 0 Å². The summed E-state index contributed by atoms with van der Waals surface area (Å²) >= 11 is 0. The topological polar surface area (TPSA) is 79.3 Å². The van der Waals surface area contributed by atoms with Crippen LogP contribution < -0.4 is 15.1 Å². The van der Waals surface area contributed by atoms with Gasteiger partial charge in [0.25, 0.3) is 0 Å². The highest BCUT2D eigenvalue weighted by molar-refractivity contribution is 6.39. The number of anilines is 4. The number of carbonyl (C=O) groups excluding carboxylic acids is 1. The van der Waals surface area contributed by atoms with E-state index in [1.54, 1.807) is 0 Å². The third-order valence-electron chi connectivity index (χ3n) is 9.53. The fourth-order valence-electron chi connectivity index (χ4n) is 6.69. The number of benzene rings is 4. The zero-order valence-corrected chi connectivity index (χ0v) is 30.8. The predicted octanol–water partition coefficient (Wildman–Crippen LogP) is 9.02. The number of hydrogen-bond acceptors (Lipinski definition) is 6. The van der Waals surface area contributed by atoms with Crippen LogP contribution in [0, 0.1) is 0 Å². The van der Waals surface area contributed by atoms with Gasteiger partial charge in [-0.3, -0.25) is 4.79 Å². The number of ketones is 1. The highest BCUT2D eigenvalue weighted by Crippen LogP contribution is 2.38. The summed E-state index contributed by atoms with van der Waals surface area (Å²) in [7, 11) is 0. The molecule has 0 atom stereocenters. The molecule has 7 rings (SSSR count). The van der Waals surface area contributed by atoms with E-state index < -0.39 is 0 Å². The molecule has 0 bridgehead atoms. The largest absolute Gasteiger partial charge is 0.871 e. The van der Waals surface area contributed by atoms with Crippen molar-refractivity contribution in [1.29, 1.82) is 0 Å². The van der Waals surface area contributed by atoms with Gasteiger partial charge in [-0.1, -0.05) is 105 Å². The lowest BCUT2D eigenvalue weighted by Crippen LogP contribution is -2.33. The molecule has 8 nitrogen and oxygen atoms in total. The molecule has 0 radical (unpaired) electrons. The van der Waals surface area contributed by atoms with Crippen molar-refractivity contribution < 1.29 is 14.5 Å². The molecule has 0 spiro atoms. The number of hydrazone groups is 2. The first-order valence-electron chi connectivity index (χ1n) is 18.7. The highest BCUT2D eigenvalue weighted by Gasteiger charge is 2.38. The van der Waals surface area contributed by atoms with Crippen LogP contribution >= 0.6 is 0 Å². The van der Waals surface area contributed by atoms with Crippen molar-refractivity contribution in [3.8, 4) is 0 Å². The van der Waals surface area contributed by atoms with Gasteiger partial charge in [-0.15, -0.1) is 0 Å². The van der Waals surface area contributed by atoms with Gasteiger partial charge in [-0.25, -0.2) is 10.0 Å². The number of unbranched alkanes of at least 4 members (excludes halogenated alkanes) is 2. The molecule has 1 aliphatic heterocycles. The molecule has 8 heteroatoms. The van der Waals surface area contributed by atoms with Crippen LogP contribution in [0.25, 0.3) is 5.57 Å². The minimum absolute atomic E-state index is 0.224. The Morgan fingerprint density at radius 3 is 1.61 bits per heavy atom. The SMILES string of the molecule is CCCCn1c(/C=N/N(c2ccccc2)c2ccccc2)ccc1C1=C([O-])/C(=C2/C=CC(/C=N/N(c3ccccc3)c3ccccc3)=[N+]2CCCC)C1=O. The van der Waals surface area contributed by atoms with Crippen LogP contribution in [-0.2, 0) is 11.3 Å². The summed E-state index contributed by atoms with van der Waals surface area (Å²) in [6.07, 6.45) is 11.2. The van der Waals surface area contributed by atoms with E-state index in [0.29, 0.717) is 24.5 Å². The second-order valence-corrected chi connectivity index (χ2v) is 13.2. The Morgan fingerprint density at radius 1 is 0.630 bits per heavy atom. The van der Waals surface area contributed by atoms with Gasteiger partial charge in [0, 0.05) is 30.7 Å². The van der Waals surface area contributed by atoms with E-state index >= 15 is 0 Å². The molecule has 5 aromatic rings. The van der Waals surface area contributed by atoms with Crippen LogP contribution in [0.3, 0.4) is 0 Å². The van der Waals surface area contributed by atoms with Crippen molar-refractivity contribution in [2.45, 2.75) is 46.1 Å². The van der Waals surface area contributed by atoms with Crippen molar-refractivity contribution in [2.24, 2.45) is 10.2 Å². The van der Waals surface area contributed by atoms with Gasteiger partial charge in [-0.2, -0.15) is 14.8 Å². The molecule has 1 aromatic heterocycles. The summed E-state index contributed by atoms with van der Waals surface area (Å²) < 4.78 is 4.11. The van der Waals surface area contributed by atoms with Gasteiger partial charge in [-0.05, 0) is 67.1 Å². The molecule has 2 heterocycles. The Kier molecular flexibility index (Phi) is 11.2. The quantitative estimate of drug-likeness (QED) is 0.0470. The molecule has 4 aromatic carbocycles. The molecule has 0 amide bonds. The van der Waals surface area contributed by atoms with Crippen LogP contribution in [-0.4, -0.2) is 39.6 Å². The van der Waals surface area contributed by atoms with Gasteiger partial charge in [0.15, 0.2) is 0 Å². The van der Waals surface area contributed by atoms with E-state index in [4.69, 9.17) is 10.2 Å². The highest BCUT2D eigenvalue weighted by atomic mass is 16.3. The fourth-order valence-corrected chi connectivity index (χ4v) is 6.69. The van der Waals surface area contributed by atoms with Gasteiger partial charge >= 0.3 is 0 Å². The van der Waals surface area contributed by atoms with Crippen molar-refractivity contribution in [3.05, 3.63) is 174 Å². The molecule has 1 aliphatic carbocycles. The molecule has 2 aliphatic rings. The first kappa shape index (κ1) is 35.8. The lowest BCUT2D eigenvalue weighted by Gasteiger charge is -2.31. The maximum Gasteiger partial charge on any atom is 0.226 e. The lowest BCUT2D eigenvalue weighted by atomic mass is 9.84. The van der Waals surface area contributed by atoms with E-state index in [-0.39, 0.29) is 22.7 Å². The number of allylic oxidation sites excluding steroid dienone is 4. The van der Waals surface area contributed by atoms with E-state index in [1.807, 2.05) is 168 Å². The fraction of sp³-hybridized carbons (Fsp3) is 0.174. The Bertz CT molecular complexity index is 2190. The van der Waals surface area contributed by atoms with Crippen LogP contribution in [0.1, 0.15) is 50.9 Å². The second kappa shape index (κ2) is 16.9. The average Bonchev–Trinajstić information content (AvgIpc) is 3.80. The Morgan fingerprint density at radius 2 is 1.13 bits per heavy atom. The number of rotatable bonds is 15. The van der Waals surface area contributed by atoms with Crippen molar-refractivity contribution >= 4 is 52.2 Å². The maximum absolute atomic E-state index is 14.1. The van der Waals surface area contributed by atoms with Gasteiger partial charge in [0.2, 0.25) is 17.2 Å². The molecule has 0 saturated heterocycles. The summed E-state index contributed by atoms with van der Waals surface area (Å²) in [5.74, 6) is -0.465. The van der Waals surface area contributed by atoms with E-state index in [9.17, 15) is 9.90 Å². The zero-order valence-electron chi connectivity index (χ0n) is 30.8. The zero-order chi connectivity index (χ0) is 37.3. The average molecular weight is 713 g/mol. The summed E-state index contributed by atoms with van der Waals surface area (Å²) in [6.45, 7) is 5.57. The van der Waals surface area contributed by atoms with Crippen molar-refractivity contribution in [2.75, 3.05) is 16.6 Å². The van der Waals surface area contributed by atoms with Gasteiger partial charge in [0.05, 0.1) is 45.9 Å². The molecular weight excluding hydrogens is 669 g/mol. The van der Waals surface area contributed by atoms with Crippen molar-refractivity contribution in [1.82, 2.24) is 4.57 Å². The summed E-state index contributed by atoms with van der Waals surface area (Å²) in [4.78, 5) is 14.1. The molecule has 54 heavy (non-hydrogen) atoms. The van der Waals surface area contributed by atoms with Crippen LogP contribution in [0.4, 0.5) is 22.7 Å². The Hall–Kier alpha value is -6.54. The summed E-state index contributed by atoms with van der Waals surface area (Å²) in [5, 5.41) is 27.7. The predicted molar refractivity (Wildman–Crippen MR) is 219 cm³/mol. The van der Waals surface area contributed by atoms with E-state index in [0.717, 1.165) is 59.8 Å². The van der Waals surface area contributed by atoms with E-state index in [2.05, 4.69) is 23.0 Å². The minimum atomic E-state index is -0.232. The number of Topliss-reactive ketones (excluding diaryl/α,β-unsaturated/α-hetero) is 1. The maximum atomic E-state index is 14.1. The monoisotopic (exact) mass is 712 g/mol. The normalized spacial score (nSPS) is 15.6. The molecule has 0 unspecified atom stereocenters. The third-order valence-corrected chi connectivity index (χ3v) is 9.53. The molecule has 0 N–H and O–H groups in total. The second-order valence-electron chi connectivity index (χ2n) is 13.2. The lowest BCUT2D eigenvalue weighted by molar-refractivity contribution is -0.468. The van der Waals surface area contributed by atoms with Gasteiger partial charge in [0.1, 0.15) is 12.8 Å². The first-order valence-corrected chi connectivity index (χ1v) is 18.7. The molecule has 270 valence electrons. The third kappa shape index (κ3) is 7.50. The Labute approximate surface area is 317 Å². The van der Waals surface area contributed by atoms with Crippen LogP contribution in [0.5, 0.6) is 0 Å². The Balaban J connectivity index is 1.24. The van der Waals surface area contributed by atoms with Crippen molar-refractivity contribution in [3.63, 3.8) is 0 Å². The summed E-state index contributed by atoms with van der Waals surface area (Å²) in [5.41, 5.74) is 7.05. The standard InChI is InChI=1S/C46H44N6O2/c1-3-5-31-49-39(33-47-51(35-19-11-7-12-20-35)36-21-13-8-14-22-36)27-29-41(49)43-45(53)44(46(43)54)42-30-28-40(50(42)32-6-4-2)34-48-52(37-23-15-9-16-24-37)38-25-17-10-18-26-38/h7-30,33-34H,3-6,31-32H2,1-2H3.